The maximum Gasteiger partial charge on any atom is 0.287 e. The molecule has 0 saturated heterocycles. The fourth-order valence-electron chi connectivity index (χ4n) is 2.90. The van der Waals surface area contributed by atoms with Crippen molar-refractivity contribution in [3.05, 3.63) is 94.2 Å². The Morgan fingerprint density at radius 2 is 1.65 bits per heavy atom. The van der Waals surface area contributed by atoms with Crippen molar-refractivity contribution in [2.45, 2.75) is 6.54 Å². The largest absolute Gasteiger partial charge is 0.447 e. The van der Waals surface area contributed by atoms with E-state index in [1.54, 1.807) is 30.3 Å². The monoisotopic (exact) mass is 349 g/mol. The summed E-state index contributed by atoms with van der Waals surface area (Å²) in [6.45, 7) is 0.0874. The zero-order valence-electron chi connectivity index (χ0n) is 13.4. The Kier molecular flexibility index (Phi) is 3.73. The van der Waals surface area contributed by atoms with Gasteiger partial charge in [0.1, 0.15) is 5.82 Å². The highest BCUT2D eigenvalue weighted by atomic mass is 19.1. The van der Waals surface area contributed by atoms with E-state index in [1.807, 2.05) is 0 Å². The molecule has 0 radical (unpaired) electrons. The molecule has 1 aliphatic rings. The predicted molar refractivity (Wildman–Crippen MR) is 89.6 cm³/mol. The first-order valence-corrected chi connectivity index (χ1v) is 7.89. The number of halogens is 1. The second-order valence-electron chi connectivity index (χ2n) is 5.87. The minimum Gasteiger partial charge on any atom is -0.447 e. The van der Waals surface area contributed by atoms with E-state index in [2.05, 4.69) is 5.32 Å². The van der Waals surface area contributed by atoms with Gasteiger partial charge in [-0.05, 0) is 17.7 Å². The fraction of sp³-hybridized carbons (Fsp3) is 0.0500. The number of furan rings is 1. The number of hydrogen-bond donors (Lipinski definition) is 1. The SMILES string of the molecule is O=C(NCc1cccc(F)c1)c1cc2c(o1)C(=O)c1ccccc1C2=O. The Morgan fingerprint density at radius 3 is 2.38 bits per heavy atom. The molecule has 0 saturated carbocycles. The quantitative estimate of drug-likeness (QED) is 0.616. The lowest BCUT2D eigenvalue weighted by atomic mass is 9.89. The van der Waals surface area contributed by atoms with Crippen LogP contribution in [0.4, 0.5) is 4.39 Å². The third-order valence-corrected chi connectivity index (χ3v) is 4.17. The van der Waals surface area contributed by atoms with E-state index in [-0.39, 0.29) is 40.5 Å². The number of hydrogen-bond acceptors (Lipinski definition) is 4. The Labute approximate surface area is 147 Å². The first kappa shape index (κ1) is 16.0. The summed E-state index contributed by atoms with van der Waals surface area (Å²) in [6.07, 6.45) is 0. The minimum atomic E-state index is -0.590. The molecular weight excluding hydrogens is 337 g/mol. The van der Waals surface area contributed by atoms with Crippen molar-refractivity contribution in [3.63, 3.8) is 0 Å². The number of benzene rings is 2. The molecule has 0 aliphatic heterocycles. The molecule has 1 aromatic heterocycles. The second kappa shape index (κ2) is 6.07. The third kappa shape index (κ3) is 2.61. The van der Waals surface area contributed by atoms with Crippen molar-refractivity contribution in [2.24, 2.45) is 0 Å². The summed E-state index contributed by atoms with van der Waals surface area (Å²) in [5.41, 5.74) is 1.20. The van der Waals surface area contributed by atoms with Crippen molar-refractivity contribution in [1.82, 2.24) is 5.32 Å². The summed E-state index contributed by atoms with van der Waals surface area (Å²) in [5.74, 6) is -2.06. The van der Waals surface area contributed by atoms with E-state index in [1.165, 1.54) is 24.3 Å². The number of fused-ring (bicyclic) bond motifs is 2. The molecule has 128 valence electrons. The molecule has 0 unspecified atom stereocenters. The van der Waals surface area contributed by atoms with Gasteiger partial charge in [-0.15, -0.1) is 0 Å². The van der Waals surface area contributed by atoms with Crippen LogP contribution in [0.3, 0.4) is 0 Å². The Morgan fingerprint density at radius 1 is 0.923 bits per heavy atom. The van der Waals surface area contributed by atoms with Gasteiger partial charge in [-0.2, -0.15) is 0 Å². The van der Waals surface area contributed by atoms with Crippen LogP contribution in [0.1, 0.15) is 48.2 Å². The lowest BCUT2D eigenvalue weighted by Gasteiger charge is -2.11. The highest BCUT2D eigenvalue weighted by molar-refractivity contribution is 6.27. The first-order valence-electron chi connectivity index (χ1n) is 7.89. The van der Waals surface area contributed by atoms with Gasteiger partial charge < -0.3 is 9.73 Å². The van der Waals surface area contributed by atoms with Crippen LogP contribution < -0.4 is 5.32 Å². The Balaban J connectivity index is 1.59. The van der Waals surface area contributed by atoms with Crippen LogP contribution in [0.25, 0.3) is 0 Å². The molecule has 1 heterocycles. The summed E-state index contributed by atoms with van der Waals surface area (Å²) in [7, 11) is 0. The Hall–Kier alpha value is -3.54. The van der Waals surface area contributed by atoms with E-state index in [9.17, 15) is 18.8 Å². The van der Waals surface area contributed by atoms with Crippen LogP contribution in [0.15, 0.2) is 59.0 Å². The van der Waals surface area contributed by atoms with Gasteiger partial charge in [-0.1, -0.05) is 36.4 Å². The maximum atomic E-state index is 13.2. The normalized spacial score (nSPS) is 12.5. The van der Waals surface area contributed by atoms with Gasteiger partial charge in [0.25, 0.3) is 5.91 Å². The number of ketones is 2. The molecule has 2 aromatic carbocycles. The molecule has 6 heteroatoms. The van der Waals surface area contributed by atoms with Crippen LogP contribution >= 0.6 is 0 Å². The molecule has 0 bridgehead atoms. The molecule has 4 rings (SSSR count). The highest BCUT2D eigenvalue weighted by Gasteiger charge is 2.34. The number of carbonyl (C=O) groups excluding carboxylic acids is 3. The van der Waals surface area contributed by atoms with Crippen molar-refractivity contribution in [2.75, 3.05) is 0 Å². The summed E-state index contributed by atoms with van der Waals surface area (Å²) in [4.78, 5) is 37.3. The lowest BCUT2D eigenvalue weighted by Crippen LogP contribution is -2.22. The molecule has 26 heavy (non-hydrogen) atoms. The van der Waals surface area contributed by atoms with Crippen LogP contribution in [-0.2, 0) is 6.54 Å². The predicted octanol–water partition coefficient (Wildman–Crippen LogP) is 3.12. The summed E-state index contributed by atoms with van der Waals surface area (Å²) in [5, 5.41) is 2.58. The van der Waals surface area contributed by atoms with E-state index >= 15 is 0 Å². The molecule has 1 N–H and O–H groups in total. The number of amides is 1. The molecule has 0 spiro atoms. The Bertz CT molecular complexity index is 1010. The zero-order valence-corrected chi connectivity index (χ0v) is 13.4. The van der Waals surface area contributed by atoms with Crippen LogP contribution in [-0.4, -0.2) is 17.5 Å². The number of nitrogens with one attached hydrogen (secondary N) is 1. The molecule has 1 aliphatic carbocycles. The third-order valence-electron chi connectivity index (χ3n) is 4.17. The van der Waals surface area contributed by atoms with E-state index < -0.39 is 17.5 Å². The first-order chi connectivity index (χ1) is 12.5. The molecule has 0 atom stereocenters. The summed E-state index contributed by atoms with van der Waals surface area (Å²) in [6, 6.07) is 13.5. The molecule has 0 fully saturated rings. The zero-order chi connectivity index (χ0) is 18.3. The van der Waals surface area contributed by atoms with Gasteiger partial charge in [0.15, 0.2) is 17.3 Å². The van der Waals surface area contributed by atoms with Crippen LogP contribution in [0, 0.1) is 5.82 Å². The highest BCUT2D eigenvalue weighted by Crippen LogP contribution is 2.29. The number of rotatable bonds is 3. The van der Waals surface area contributed by atoms with Crippen LogP contribution in [0.2, 0.25) is 0 Å². The van der Waals surface area contributed by atoms with Crippen molar-refractivity contribution in [1.29, 1.82) is 0 Å². The van der Waals surface area contributed by atoms with Gasteiger partial charge in [0.2, 0.25) is 5.78 Å². The molecule has 5 nitrogen and oxygen atoms in total. The van der Waals surface area contributed by atoms with Gasteiger partial charge in [-0.25, -0.2) is 4.39 Å². The van der Waals surface area contributed by atoms with Crippen LogP contribution in [0.5, 0.6) is 0 Å². The summed E-state index contributed by atoms with van der Waals surface area (Å²) >= 11 is 0. The van der Waals surface area contributed by atoms with Gasteiger partial charge >= 0.3 is 0 Å². The van der Waals surface area contributed by atoms with Crippen molar-refractivity contribution in [3.8, 4) is 0 Å². The molecule has 1 amide bonds. The van der Waals surface area contributed by atoms with E-state index in [4.69, 9.17) is 4.42 Å². The average molecular weight is 349 g/mol. The average Bonchev–Trinajstić information content (AvgIpc) is 3.10. The smallest absolute Gasteiger partial charge is 0.287 e. The standard InChI is InChI=1S/C20H12FNO4/c21-12-5-3-4-11(8-12)10-22-20(25)16-9-15-17(23)13-6-1-2-7-14(13)18(24)19(15)26-16/h1-9H,10H2,(H,22,25). The van der Waals surface area contributed by atoms with E-state index in [0.29, 0.717) is 5.56 Å². The topological polar surface area (TPSA) is 76.4 Å². The lowest BCUT2D eigenvalue weighted by molar-refractivity contribution is 0.0911. The van der Waals surface area contributed by atoms with Gasteiger partial charge in [0, 0.05) is 23.7 Å². The molecule has 3 aromatic rings. The van der Waals surface area contributed by atoms with Crippen molar-refractivity contribution < 1.29 is 23.2 Å². The fourth-order valence-corrected chi connectivity index (χ4v) is 2.90. The number of carbonyl (C=O) groups is 3. The summed E-state index contributed by atoms with van der Waals surface area (Å²) < 4.78 is 18.5. The maximum absolute atomic E-state index is 13.2. The second-order valence-corrected chi connectivity index (χ2v) is 5.87. The van der Waals surface area contributed by atoms with Gasteiger partial charge in [0.05, 0.1) is 5.56 Å². The van der Waals surface area contributed by atoms with Crippen molar-refractivity contribution >= 4 is 17.5 Å². The van der Waals surface area contributed by atoms with Gasteiger partial charge in [-0.3, -0.25) is 14.4 Å². The van der Waals surface area contributed by atoms with E-state index in [0.717, 1.165) is 0 Å². The molecular formula is C20H12FNO4. The minimum absolute atomic E-state index is 0.0737.